The molecule has 0 bridgehead atoms. The number of aryl methyl sites for hydroxylation is 2. The molecule has 1 fully saturated rings. The predicted octanol–water partition coefficient (Wildman–Crippen LogP) is 2.75. The normalized spacial score (nSPS) is 15.7. The first-order valence-corrected chi connectivity index (χ1v) is 9.34. The third kappa shape index (κ3) is 4.62. The number of carbonyl (C=O) groups is 3. The zero-order valence-corrected chi connectivity index (χ0v) is 16.6. The molecule has 0 aliphatic carbocycles. The van der Waals surface area contributed by atoms with Gasteiger partial charge in [0.25, 0.3) is 11.6 Å². The highest BCUT2D eigenvalue weighted by Gasteiger charge is 2.37. The van der Waals surface area contributed by atoms with Crippen molar-refractivity contribution in [2.45, 2.75) is 20.3 Å². The highest BCUT2D eigenvalue weighted by atomic mass is 16.6. The number of nitro benzene ring substituents is 1. The number of nitrogens with zero attached hydrogens (tertiary/aromatic N) is 2. The van der Waals surface area contributed by atoms with Crippen LogP contribution in [0, 0.1) is 29.9 Å². The second kappa shape index (κ2) is 8.73. The Morgan fingerprint density at radius 3 is 2.63 bits per heavy atom. The number of benzene rings is 2. The lowest BCUT2D eigenvalue weighted by atomic mass is 10.1. The van der Waals surface area contributed by atoms with Crippen molar-refractivity contribution in [3.63, 3.8) is 0 Å². The zero-order chi connectivity index (χ0) is 21.8. The number of ether oxygens (including phenoxy) is 1. The maximum atomic E-state index is 12.3. The fourth-order valence-corrected chi connectivity index (χ4v) is 3.23. The number of esters is 1. The van der Waals surface area contributed by atoms with E-state index in [-0.39, 0.29) is 24.6 Å². The maximum Gasteiger partial charge on any atom is 0.311 e. The lowest BCUT2D eigenvalue weighted by Gasteiger charge is -2.17. The predicted molar refractivity (Wildman–Crippen MR) is 109 cm³/mol. The van der Waals surface area contributed by atoms with Gasteiger partial charge in [0.1, 0.15) is 0 Å². The van der Waals surface area contributed by atoms with Crippen LogP contribution in [0.15, 0.2) is 42.5 Å². The van der Waals surface area contributed by atoms with E-state index in [0.717, 1.165) is 5.56 Å². The van der Waals surface area contributed by atoms with Gasteiger partial charge in [0, 0.05) is 30.3 Å². The Balaban J connectivity index is 1.59. The molecule has 3 rings (SSSR count). The molecule has 9 heteroatoms. The first-order valence-electron chi connectivity index (χ1n) is 9.34. The van der Waals surface area contributed by atoms with Crippen LogP contribution in [0.5, 0.6) is 0 Å². The second-order valence-corrected chi connectivity index (χ2v) is 7.10. The molecule has 1 heterocycles. The van der Waals surface area contributed by atoms with E-state index >= 15 is 0 Å². The van der Waals surface area contributed by atoms with Gasteiger partial charge in [-0.15, -0.1) is 0 Å². The standard InChI is InChI=1S/C21H21N3O6/c1-13-5-3-4-6-17(13)22-19(25)12-30-21(27)15-9-20(26)23(11-15)16-8-7-14(2)18(10-16)24(28)29/h3-8,10,15H,9,11-12H2,1-2H3,(H,22,25)/t15-/m0/s1. The average molecular weight is 411 g/mol. The summed E-state index contributed by atoms with van der Waals surface area (Å²) in [5, 5.41) is 13.8. The number of carbonyl (C=O) groups excluding carboxylic acids is 3. The van der Waals surface area contributed by atoms with Crippen LogP contribution in [0.3, 0.4) is 0 Å². The van der Waals surface area contributed by atoms with E-state index in [1.807, 2.05) is 19.1 Å². The van der Waals surface area contributed by atoms with Gasteiger partial charge in [-0.05, 0) is 31.5 Å². The van der Waals surface area contributed by atoms with E-state index in [4.69, 9.17) is 4.74 Å². The number of para-hydroxylation sites is 1. The van der Waals surface area contributed by atoms with Crippen molar-refractivity contribution in [3.8, 4) is 0 Å². The molecule has 1 N–H and O–H groups in total. The summed E-state index contributed by atoms with van der Waals surface area (Å²) in [5.41, 5.74) is 2.23. The summed E-state index contributed by atoms with van der Waals surface area (Å²) >= 11 is 0. The van der Waals surface area contributed by atoms with Crippen molar-refractivity contribution >= 4 is 34.8 Å². The number of rotatable bonds is 6. The van der Waals surface area contributed by atoms with Crippen LogP contribution < -0.4 is 10.2 Å². The van der Waals surface area contributed by atoms with Crippen molar-refractivity contribution in [2.75, 3.05) is 23.4 Å². The van der Waals surface area contributed by atoms with E-state index in [9.17, 15) is 24.5 Å². The first kappa shape index (κ1) is 21.0. The maximum absolute atomic E-state index is 12.3. The molecular weight excluding hydrogens is 390 g/mol. The summed E-state index contributed by atoms with van der Waals surface area (Å²) in [7, 11) is 0. The van der Waals surface area contributed by atoms with E-state index < -0.39 is 29.3 Å². The topological polar surface area (TPSA) is 119 Å². The monoisotopic (exact) mass is 411 g/mol. The number of hydrogen-bond donors (Lipinski definition) is 1. The van der Waals surface area contributed by atoms with Crippen molar-refractivity contribution in [3.05, 3.63) is 63.7 Å². The smallest absolute Gasteiger partial charge is 0.311 e. The number of nitro groups is 1. The van der Waals surface area contributed by atoms with Crippen LogP contribution >= 0.6 is 0 Å². The van der Waals surface area contributed by atoms with Gasteiger partial charge < -0.3 is 15.0 Å². The Labute approximate surface area is 172 Å². The molecule has 1 aliphatic heterocycles. The zero-order valence-electron chi connectivity index (χ0n) is 16.6. The summed E-state index contributed by atoms with van der Waals surface area (Å²) in [6, 6.07) is 11.7. The van der Waals surface area contributed by atoms with Crippen molar-refractivity contribution in [1.82, 2.24) is 0 Å². The van der Waals surface area contributed by atoms with Gasteiger partial charge in [0.2, 0.25) is 5.91 Å². The van der Waals surface area contributed by atoms with Gasteiger partial charge in [0.15, 0.2) is 6.61 Å². The molecule has 9 nitrogen and oxygen atoms in total. The average Bonchev–Trinajstić information content (AvgIpc) is 3.10. The molecule has 2 aromatic carbocycles. The molecule has 0 spiro atoms. The van der Waals surface area contributed by atoms with Crippen molar-refractivity contribution < 1.29 is 24.0 Å². The van der Waals surface area contributed by atoms with Gasteiger partial charge in [-0.2, -0.15) is 0 Å². The van der Waals surface area contributed by atoms with Gasteiger partial charge >= 0.3 is 5.97 Å². The van der Waals surface area contributed by atoms with E-state index in [1.54, 1.807) is 31.2 Å². The van der Waals surface area contributed by atoms with Crippen LogP contribution in [0.25, 0.3) is 0 Å². The van der Waals surface area contributed by atoms with Gasteiger partial charge in [0.05, 0.1) is 16.5 Å². The van der Waals surface area contributed by atoms with Crippen LogP contribution in [0.2, 0.25) is 0 Å². The third-order valence-electron chi connectivity index (χ3n) is 4.92. The molecule has 1 aliphatic rings. The Hall–Kier alpha value is -3.75. The van der Waals surface area contributed by atoms with Gasteiger partial charge in [-0.1, -0.05) is 24.3 Å². The SMILES string of the molecule is Cc1ccccc1NC(=O)COC(=O)[C@H]1CC(=O)N(c2ccc(C)c([N+](=O)[O-])c2)C1. The molecule has 30 heavy (non-hydrogen) atoms. The summed E-state index contributed by atoms with van der Waals surface area (Å²) in [4.78, 5) is 48.7. The largest absolute Gasteiger partial charge is 0.455 e. The molecular formula is C21H21N3O6. The summed E-state index contributed by atoms with van der Waals surface area (Å²) in [6.45, 7) is 3.02. The molecule has 2 aromatic rings. The first-order chi connectivity index (χ1) is 14.3. The van der Waals surface area contributed by atoms with Crippen LogP contribution in [0.1, 0.15) is 17.5 Å². The van der Waals surface area contributed by atoms with Crippen molar-refractivity contribution in [2.24, 2.45) is 5.92 Å². The number of nitrogens with one attached hydrogen (secondary N) is 1. The lowest BCUT2D eigenvalue weighted by Crippen LogP contribution is -2.28. The van der Waals surface area contributed by atoms with Gasteiger partial charge in [-0.3, -0.25) is 24.5 Å². The summed E-state index contributed by atoms with van der Waals surface area (Å²) in [6.07, 6.45) is -0.0834. The van der Waals surface area contributed by atoms with Gasteiger partial charge in [-0.25, -0.2) is 0 Å². The van der Waals surface area contributed by atoms with E-state index in [1.165, 1.54) is 11.0 Å². The number of anilines is 2. The third-order valence-corrected chi connectivity index (χ3v) is 4.92. The van der Waals surface area contributed by atoms with E-state index in [0.29, 0.717) is 16.9 Å². The Morgan fingerprint density at radius 1 is 1.20 bits per heavy atom. The fourth-order valence-electron chi connectivity index (χ4n) is 3.23. The highest BCUT2D eigenvalue weighted by molar-refractivity contribution is 6.00. The Kier molecular flexibility index (Phi) is 6.10. The number of hydrogen-bond acceptors (Lipinski definition) is 6. The molecule has 0 aromatic heterocycles. The Morgan fingerprint density at radius 2 is 1.93 bits per heavy atom. The molecule has 0 radical (unpaired) electrons. The molecule has 156 valence electrons. The molecule has 0 saturated carbocycles. The summed E-state index contributed by atoms with van der Waals surface area (Å²) < 4.78 is 5.08. The quantitative estimate of drug-likeness (QED) is 0.443. The van der Waals surface area contributed by atoms with E-state index in [2.05, 4.69) is 5.32 Å². The minimum absolute atomic E-state index is 0.0390. The Bertz CT molecular complexity index is 1020. The fraction of sp³-hybridized carbons (Fsp3) is 0.286. The molecule has 2 amide bonds. The molecule has 1 atom stereocenters. The lowest BCUT2D eigenvalue weighted by molar-refractivity contribution is -0.385. The molecule has 1 saturated heterocycles. The highest BCUT2D eigenvalue weighted by Crippen LogP contribution is 2.30. The van der Waals surface area contributed by atoms with Crippen LogP contribution in [-0.2, 0) is 19.1 Å². The minimum atomic E-state index is -0.746. The second-order valence-electron chi connectivity index (χ2n) is 7.10. The molecule has 0 unspecified atom stereocenters. The minimum Gasteiger partial charge on any atom is -0.455 e. The summed E-state index contributed by atoms with van der Waals surface area (Å²) in [5.74, 6) is -2.22. The number of amides is 2. The van der Waals surface area contributed by atoms with Crippen molar-refractivity contribution in [1.29, 1.82) is 0 Å². The van der Waals surface area contributed by atoms with Crippen LogP contribution in [-0.4, -0.2) is 35.9 Å². The van der Waals surface area contributed by atoms with Crippen LogP contribution in [0.4, 0.5) is 17.1 Å².